The highest BCUT2D eigenvalue weighted by atomic mass is 16.5. The van der Waals surface area contributed by atoms with Crippen molar-refractivity contribution < 1.29 is 19.1 Å². The van der Waals surface area contributed by atoms with Crippen molar-refractivity contribution in [1.29, 1.82) is 0 Å². The molecule has 1 aromatic rings. The van der Waals surface area contributed by atoms with Crippen LogP contribution in [0.4, 0.5) is 0 Å². The van der Waals surface area contributed by atoms with Gasteiger partial charge in [0, 0.05) is 17.6 Å². The van der Waals surface area contributed by atoms with Crippen LogP contribution in [0, 0.1) is 0 Å². The van der Waals surface area contributed by atoms with E-state index in [1.54, 1.807) is 19.3 Å². The Balaban J connectivity index is 2.31. The van der Waals surface area contributed by atoms with Crippen LogP contribution >= 0.6 is 0 Å². The third kappa shape index (κ3) is 3.81. The molecule has 0 unspecified atom stereocenters. The third-order valence-electron chi connectivity index (χ3n) is 3.10. The lowest BCUT2D eigenvalue weighted by Gasteiger charge is -2.20. The first-order valence-electron chi connectivity index (χ1n) is 6.90. The quantitative estimate of drug-likeness (QED) is 0.616. The summed E-state index contributed by atoms with van der Waals surface area (Å²) in [5, 5.41) is 0. The van der Waals surface area contributed by atoms with E-state index in [0.717, 1.165) is 11.1 Å². The van der Waals surface area contributed by atoms with E-state index in [1.165, 1.54) is 6.92 Å². The molecular formula is C17H18O4. The zero-order valence-electron chi connectivity index (χ0n) is 12.2. The number of carbonyl (C=O) groups excluding carboxylic acids is 2. The van der Waals surface area contributed by atoms with Crippen LogP contribution in [-0.2, 0) is 19.1 Å². The molecule has 4 heteroatoms. The number of fused-ring (bicyclic) bond motifs is 1. The summed E-state index contributed by atoms with van der Waals surface area (Å²) >= 11 is 0. The van der Waals surface area contributed by atoms with Crippen LogP contribution in [0.1, 0.15) is 37.5 Å². The number of benzene rings is 1. The minimum atomic E-state index is -0.469. The van der Waals surface area contributed by atoms with Crippen molar-refractivity contribution in [2.24, 2.45) is 0 Å². The van der Waals surface area contributed by atoms with Crippen molar-refractivity contribution >= 4 is 17.8 Å². The van der Waals surface area contributed by atoms with Gasteiger partial charge in [-0.15, -0.1) is 0 Å². The van der Waals surface area contributed by atoms with Crippen molar-refractivity contribution in [3.05, 3.63) is 53.3 Å². The smallest absolute Gasteiger partial charge is 0.334 e. The van der Waals surface area contributed by atoms with Crippen LogP contribution in [0.15, 0.2) is 42.2 Å². The van der Waals surface area contributed by atoms with Gasteiger partial charge < -0.3 is 9.47 Å². The summed E-state index contributed by atoms with van der Waals surface area (Å²) < 4.78 is 10.6. The minimum Gasteiger partial charge on any atom is -0.489 e. The summed E-state index contributed by atoms with van der Waals surface area (Å²) in [6.45, 7) is 3.46. The number of ether oxygens (including phenoxy) is 2. The molecule has 0 radical (unpaired) electrons. The molecule has 4 nitrogen and oxygen atoms in total. The lowest BCUT2D eigenvalue weighted by Crippen LogP contribution is -2.13. The number of ketones is 1. The monoisotopic (exact) mass is 286 g/mol. The Morgan fingerprint density at radius 2 is 2.10 bits per heavy atom. The summed E-state index contributed by atoms with van der Waals surface area (Å²) in [4.78, 5) is 23.3. The molecule has 0 bridgehead atoms. The Morgan fingerprint density at radius 1 is 1.33 bits per heavy atom. The van der Waals surface area contributed by atoms with Gasteiger partial charge in [-0.3, -0.25) is 4.79 Å². The van der Waals surface area contributed by atoms with Crippen LogP contribution in [0.3, 0.4) is 0 Å². The van der Waals surface area contributed by atoms with Crippen molar-refractivity contribution in [1.82, 2.24) is 0 Å². The van der Waals surface area contributed by atoms with Crippen LogP contribution in [0.2, 0.25) is 0 Å². The first-order chi connectivity index (χ1) is 10.1. The van der Waals surface area contributed by atoms with Gasteiger partial charge in [0.2, 0.25) is 0 Å². The minimum absolute atomic E-state index is 0.0462. The average molecular weight is 286 g/mol. The van der Waals surface area contributed by atoms with Crippen molar-refractivity contribution in [2.75, 3.05) is 6.61 Å². The maximum absolute atomic E-state index is 11.9. The second-order valence-electron chi connectivity index (χ2n) is 4.78. The number of rotatable bonds is 5. The highest BCUT2D eigenvalue weighted by Crippen LogP contribution is 2.30. The summed E-state index contributed by atoms with van der Waals surface area (Å²) in [5.41, 5.74) is 2.33. The fourth-order valence-electron chi connectivity index (χ4n) is 2.20. The van der Waals surface area contributed by atoms with Crippen LogP contribution < -0.4 is 0 Å². The van der Waals surface area contributed by atoms with Gasteiger partial charge in [0.05, 0.1) is 12.9 Å². The van der Waals surface area contributed by atoms with E-state index in [2.05, 4.69) is 0 Å². The van der Waals surface area contributed by atoms with E-state index in [-0.39, 0.29) is 24.9 Å². The predicted molar refractivity (Wildman–Crippen MR) is 79.3 cm³/mol. The fraction of sp³-hybridized carbons (Fsp3) is 0.294. The molecule has 0 saturated heterocycles. The molecule has 0 amide bonds. The topological polar surface area (TPSA) is 52.6 Å². The molecule has 1 heterocycles. The van der Waals surface area contributed by atoms with Gasteiger partial charge in [0.15, 0.2) is 0 Å². The Bertz CT molecular complexity index is 599. The highest BCUT2D eigenvalue weighted by Gasteiger charge is 2.20. The second kappa shape index (κ2) is 6.88. The van der Waals surface area contributed by atoms with Crippen LogP contribution in [0.25, 0.3) is 6.08 Å². The molecule has 21 heavy (non-hydrogen) atoms. The van der Waals surface area contributed by atoms with Gasteiger partial charge in [-0.05, 0) is 31.6 Å². The van der Waals surface area contributed by atoms with E-state index in [0.29, 0.717) is 5.57 Å². The van der Waals surface area contributed by atoms with E-state index < -0.39 is 5.97 Å². The second-order valence-corrected chi connectivity index (χ2v) is 4.78. The van der Waals surface area contributed by atoms with Gasteiger partial charge in [-0.25, -0.2) is 4.79 Å². The Labute approximate surface area is 124 Å². The predicted octanol–water partition coefficient (Wildman–Crippen LogP) is 3.20. The van der Waals surface area contributed by atoms with Crippen molar-refractivity contribution in [3.8, 4) is 0 Å². The Morgan fingerprint density at radius 3 is 2.81 bits per heavy atom. The van der Waals surface area contributed by atoms with Crippen molar-refractivity contribution in [3.63, 3.8) is 0 Å². The van der Waals surface area contributed by atoms with Gasteiger partial charge in [-0.1, -0.05) is 24.3 Å². The number of hydrogen-bond donors (Lipinski definition) is 0. The first kappa shape index (κ1) is 15.0. The molecule has 110 valence electrons. The van der Waals surface area contributed by atoms with Crippen molar-refractivity contribution in [2.45, 2.75) is 26.4 Å². The van der Waals surface area contributed by atoms with Crippen LogP contribution in [-0.4, -0.2) is 18.4 Å². The highest BCUT2D eigenvalue weighted by molar-refractivity contribution is 5.95. The van der Waals surface area contributed by atoms with E-state index in [1.807, 2.05) is 30.3 Å². The standard InChI is InChI=1S/C17H18O4/c1-3-20-17(19)14(10-12(2)18)11-16-15-7-5-4-6-13(15)8-9-21-16/h4-9,11,16H,3,10H2,1-2H3/b14-11+/t16-/m0/s1. The molecule has 2 rings (SSSR count). The van der Waals surface area contributed by atoms with Gasteiger partial charge in [0.25, 0.3) is 0 Å². The Kier molecular flexibility index (Phi) is 4.93. The zero-order chi connectivity index (χ0) is 15.2. The first-order valence-corrected chi connectivity index (χ1v) is 6.90. The SMILES string of the molecule is CCOC(=O)/C(=C/[C@@H]1OC=Cc2ccccc21)CC(C)=O. The largest absolute Gasteiger partial charge is 0.489 e. The summed E-state index contributed by atoms with van der Waals surface area (Å²) in [6.07, 6.45) is 4.80. The number of carbonyl (C=O) groups is 2. The molecular weight excluding hydrogens is 268 g/mol. The summed E-state index contributed by atoms with van der Waals surface area (Å²) in [7, 11) is 0. The maximum Gasteiger partial charge on any atom is 0.334 e. The average Bonchev–Trinajstić information content (AvgIpc) is 2.46. The summed E-state index contributed by atoms with van der Waals surface area (Å²) in [5.74, 6) is -0.558. The lowest BCUT2D eigenvalue weighted by molar-refractivity contribution is -0.139. The molecule has 1 atom stereocenters. The molecule has 0 N–H and O–H groups in total. The zero-order valence-corrected chi connectivity index (χ0v) is 12.2. The van der Waals surface area contributed by atoms with E-state index in [9.17, 15) is 9.59 Å². The Hall–Kier alpha value is -2.36. The number of esters is 1. The molecule has 1 aromatic carbocycles. The molecule has 0 aliphatic carbocycles. The molecule has 0 fully saturated rings. The summed E-state index contributed by atoms with van der Waals surface area (Å²) in [6, 6.07) is 7.77. The van der Waals surface area contributed by atoms with Gasteiger partial charge >= 0.3 is 5.97 Å². The molecule has 0 aromatic heterocycles. The normalized spacial score (nSPS) is 16.9. The van der Waals surface area contributed by atoms with Gasteiger partial charge in [0.1, 0.15) is 11.9 Å². The van der Waals surface area contributed by atoms with Gasteiger partial charge in [-0.2, -0.15) is 0 Å². The molecule has 1 aliphatic heterocycles. The van der Waals surface area contributed by atoms with E-state index >= 15 is 0 Å². The lowest BCUT2D eigenvalue weighted by atomic mass is 9.97. The third-order valence-corrected chi connectivity index (χ3v) is 3.10. The van der Waals surface area contributed by atoms with Crippen LogP contribution in [0.5, 0.6) is 0 Å². The fourth-order valence-corrected chi connectivity index (χ4v) is 2.20. The molecule has 0 spiro atoms. The molecule has 1 aliphatic rings. The van der Waals surface area contributed by atoms with E-state index in [4.69, 9.17) is 9.47 Å². The maximum atomic E-state index is 11.9. The number of Topliss-reactive ketones (excluding diaryl/α,β-unsaturated/α-hetero) is 1. The number of hydrogen-bond acceptors (Lipinski definition) is 4. The molecule has 0 saturated carbocycles.